The summed E-state index contributed by atoms with van der Waals surface area (Å²) in [7, 11) is 0. The van der Waals surface area contributed by atoms with Gasteiger partial charge in [-0.15, -0.1) is 0 Å². The number of aromatic hydroxyl groups is 2. The Kier molecular flexibility index (Phi) is 9.61. The molecular formula is C34H48O6. The molecule has 0 saturated heterocycles. The fraction of sp³-hybridized carbons (Fsp3) is 0.529. The summed E-state index contributed by atoms with van der Waals surface area (Å²) in [5, 5.41) is 21.7. The molecule has 0 aliphatic rings. The van der Waals surface area contributed by atoms with Crippen molar-refractivity contribution in [2.75, 3.05) is 13.2 Å². The first-order valence-corrected chi connectivity index (χ1v) is 13.8. The maximum Gasteiger partial charge on any atom is 0.338 e. The highest BCUT2D eigenvalue weighted by Crippen LogP contribution is 2.41. The largest absolute Gasteiger partial charge is 0.507 e. The average Bonchev–Trinajstić information content (AvgIpc) is 2.78. The SMILES string of the molecule is CC(C)(C)c1cc(C(=O)OCC=CCOC(=O)c2cc(C(C)(C)C)c(O)c(C(C)(C)C)c2)cc(C(C)(C)C)c1O. The molecule has 220 valence electrons. The third kappa shape index (κ3) is 8.12. The Balaban J connectivity index is 2.11. The van der Waals surface area contributed by atoms with Crippen molar-refractivity contribution in [2.45, 2.75) is 105 Å². The first-order valence-electron chi connectivity index (χ1n) is 13.8. The van der Waals surface area contributed by atoms with E-state index in [1.54, 1.807) is 36.4 Å². The van der Waals surface area contributed by atoms with Gasteiger partial charge in [-0.3, -0.25) is 0 Å². The average molecular weight is 553 g/mol. The lowest BCUT2D eigenvalue weighted by molar-refractivity contribution is 0.0526. The highest BCUT2D eigenvalue weighted by molar-refractivity contribution is 5.91. The number of benzene rings is 2. The summed E-state index contributed by atoms with van der Waals surface area (Å²) in [6.45, 7) is 23.8. The molecule has 0 bridgehead atoms. The van der Waals surface area contributed by atoms with Gasteiger partial charge in [-0.2, -0.15) is 0 Å². The lowest BCUT2D eigenvalue weighted by Crippen LogP contribution is -2.19. The molecule has 0 radical (unpaired) electrons. The molecule has 2 N–H and O–H groups in total. The van der Waals surface area contributed by atoms with E-state index in [4.69, 9.17) is 9.47 Å². The van der Waals surface area contributed by atoms with E-state index in [0.29, 0.717) is 33.4 Å². The van der Waals surface area contributed by atoms with Crippen LogP contribution in [0, 0.1) is 0 Å². The molecule has 0 atom stereocenters. The van der Waals surface area contributed by atoms with Crippen LogP contribution in [-0.2, 0) is 31.1 Å². The Morgan fingerprint density at radius 2 is 0.775 bits per heavy atom. The standard InChI is InChI=1S/C34H48O6/c1-31(2,3)23-17-21(18-24(27(23)35)32(4,5)6)29(37)39-15-13-14-16-40-30(38)22-19-25(33(7,8)9)28(36)26(20-22)34(10,11)12/h13-14,17-20,35-36H,15-16H2,1-12H3. The van der Waals surface area contributed by atoms with E-state index in [9.17, 15) is 19.8 Å². The molecule has 0 heterocycles. The molecule has 0 amide bonds. The van der Waals surface area contributed by atoms with Crippen LogP contribution in [0.5, 0.6) is 11.5 Å². The van der Waals surface area contributed by atoms with Gasteiger partial charge in [0.2, 0.25) is 0 Å². The number of carbonyl (C=O) groups excluding carboxylic acids is 2. The van der Waals surface area contributed by atoms with Crippen LogP contribution in [0.15, 0.2) is 36.4 Å². The smallest absolute Gasteiger partial charge is 0.338 e. The third-order valence-corrected chi connectivity index (χ3v) is 6.71. The van der Waals surface area contributed by atoms with Crippen molar-refractivity contribution in [3.63, 3.8) is 0 Å². The lowest BCUT2D eigenvalue weighted by atomic mass is 9.78. The summed E-state index contributed by atoms with van der Waals surface area (Å²) in [6.07, 6.45) is 3.25. The number of phenolic OH excluding ortho intramolecular Hbond substituents is 2. The predicted molar refractivity (Wildman–Crippen MR) is 161 cm³/mol. The number of esters is 2. The highest BCUT2D eigenvalue weighted by atomic mass is 16.5. The normalized spacial score (nSPS) is 13.0. The maximum absolute atomic E-state index is 12.8. The van der Waals surface area contributed by atoms with Crippen LogP contribution in [0.3, 0.4) is 0 Å². The summed E-state index contributed by atoms with van der Waals surface area (Å²) >= 11 is 0. The molecular weight excluding hydrogens is 504 g/mol. The molecule has 0 saturated carbocycles. The van der Waals surface area contributed by atoms with Gasteiger partial charge < -0.3 is 19.7 Å². The van der Waals surface area contributed by atoms with E-state index in [1.165, 1.54) is 0 Å². The second-order valence-electron chi connectivity index (χ2n) is 14.5. The van der Waals surface area contributed by atoms with E-state index < -0.39 is 11.9 Å². The Labute approximate surface area is 240 Å². The number of rotatable bonds is 6. The van der Waals surface area contributed by atoms with Gasteiger partial charge in [0.05, 0.1) is 11.1 Å². The highest BCUT2D eigenvalue weighted by Gasteiger charge is 2.29. The third-order valence-electron chi connectivity index (χ3n) is 6.71. The minimum Gasteiger partial charge on any atom is -0.507 e. The van der Waals surface area contributed by atoms with Gasteiger partial charge in [0, 0.05) is 22.3 Å². The van der Waals surface area contributed by atoms with Crippen LogP contribution < -0.4 is 0 Å². The molecule has 2 aromatic rings. The second kappa shape index (κ2) is 11.7. The van der Waals surface area contributed by atoms with Gasteiger partial charge in [-0.1, -0.05) is 83.1 Å². The first-order chi connectivity index (χ1) is 18.0. The molecule has 0 aromatic heterocycles. The van der Waals surface area contributed by atoms with Crippen molar-refractivity contribution in [3.05, 3.63) is 69.8 Å². The van der Waals surface area contributed by atoms with Crippen molar-refractivity contribution < 1.29 is 29.3 Å². The van der Waals surface area contributed by atoms with Crippen LogP contribution in [-0.4, -0.2) is 35.4 Å². The Morgan fingerprint density at radius 3 is 0.975 bits per heavy atom. The summed E-state index contributed by atoms with van der Waals surface area (Å²) < 4.78 is 10.9. The van der Waals surface area contributed by atoms with Gasteiger partial charge >= 0.3 is 11.9 Å². The molecule has 0 fully saturated rings. The Hall–Kier alpha value is -3.28. The van der Waals surface area contributed by atoms with E-state index in [1.807, 2.05) is 83.1 Å². The molecule has 0 aliphatic carbocycles. The Morgan fingerprint density at radius 1 is 0.550 bits per heavy atom. The minimum absolute atomic E-state index is 0.00845. The van der Waals surface area contributed by atoms with E-state index >= 15 is 0 Å². The molecule has 0 spiro atoms. The zero-order valence-corrected chi connectivity index (χ0v) is 26.4. The van der Waals surface area contributed by atoms with Crippen LogP contribution >= 0.6 is 0 Å². The Bertz CT molecular complexity index is 1100. The molecule has 2 aromatic carbocycles. The second-order valence-corrected chi connectivity index (χ2v) is 14.5. The number of carbonyl (C=O) groups is 2. The summed E-state index contributed by atoms with van der Waals surface area (Å²) in [4.78, 5) is 25.7. The van der Waals surface area contributed by atoms with E-state index in [0.717, 1.165) is 0 Å². The van der Waals surface area contributed by atoms with Gasteiger partial charge in [-0.25, -0.2) is 9.59 Å². The summed E-state index contributed by atoms with van der Waals surface area (Å²) in [6, 6.07) is 6.75. The fourth-order valence-corrected chi connectivity index (χ4v) is 4.34. The molecule has 6 heteroatoms. The summed E-state index contributed by atoms with van der Waals surface area (Å²) in [5.74, 6) is -0.579. The zero-order chi connectivity index (χ0) is 30.8. The van der Waals surface area contributed by atoms with Crippen LogP contribution in [0.1, 0.15) is 126 Å². The van der Waals surface area contributed by atoms with Crippen molar-refractivity contribution in [3.8, 4) is 11.5 Å². The van der Waals surface area contributed by atoms with Crippen molar-refractivity contribution >= 4 is 11.9 Å². The quantitative estimate of drug-likeness (QED) is 0.280. The first kappa shape index (κ1) is 32.9. The number of ether oxygens (including phenoxy) is 2. The maximum atomic E-state index is 12.8. The molecule has 0 aliphatic heterocycles. The van der Waals surface area contributed by atoms with E-state index in [2.05, 4.69) is 0 Å². The van der Waals surface area contributed by atoms with Crippen molar-refractivity contribution in [1.82, 2.24) is 0 Å². The number of hydrogen-bond donors (Lipinski definition) is 2. The van der Waals surface area contributed by atoms with Gasteiger partial charge in [0.1, 0.15) is 24.7 Å². The molecule has 6 nitrogen and oxygen atoms in total. The van der Waals surface area contributed by atoms with Crippen molar-refractivity contribution in [2.24, 2.45) is 0 Å². The van der Waals surface area contributed by atoms with Gasteiger partial charge in [-0.05, 0) is 58.1 Å². The van der Waals surface area contributed by atoms with Gasteiger partial charge in [0.25, 0.3) is 0 Å². The topological polar surface area (TPSA) is 93.1 Å². The van der Waals surface area contributed by atoms with Crippen LogP contribution in [0.2, 0.25) is 0 Å². The van der Waals surface area contributed by atoms with Crippen LogP contribution in [0.4, 0.5) is 0 Å². The molecule has 0 unspecified atom stereocenters. The zero-order valence-electron chi connectivity index (χ0n) is 26.4. The molecule has 40 heavy (non-hydrogen) atoms. The van der Waals surface area contributed by atoms with Crippen molar-refractivity contribution in [1.29, 1.82) is 0 Å². The fourth-order valence-electron chi connectivity index (χ4n) is 4.34. The van der Waals surface area contributed by atoms with E-state index in [-0.39, 0.29) is 46.4 Å². The van der Waals surface area contributed by atoms with Crippen LogP contribution in [0.25, 0.3) is 0 Å². The number of hydrogen-bond acceptors (Lipinski definition) is 6. The molecule has 2 rings (SSSR count). The predicted octanol–water partition coefficient (Wildman–Crippen LogP) is 7.86. The lowest BCUT2D eigenvalue weighted by Gasteiger charge is -2.28. The number of phenols is 2. The minimum atomic E-state index is -0.494. The summed E-state index contributed by atoms with van der Waals surface area (Å²) in [5.41, 5.74) is 2.08. The monoisotopic (exact) mass is 552 g/mol. The van der Waals surface area contributed by atoms with Gasteiger partial charge in [0.15, 0.2) is 0 Å².